The van der Waals surface area contributed by atoms with E-state index >= 15 is 0 Å². The van der Waals surface area contributed by atoms with Crippen molar-refractivity contribution in [3.05, 3.63) is 18.2 Å². The summed E-state index contributed by atoms with van der Waals surface area (Å²) in [5.41, 5.74) is 0. The average Bonchev–Trinajstić information content (AvgIpc) is 2.86. The maximum absolute atomic E-state index is 12.3. The van der Waals surface area contributed by atoms with Gasteiger partial charge in [-0.05, 0) is 38.1 Å². The molecule has 0 amide bonds. The minimum absolute atomic E-state index is 0. The predicted molar refractivity (Wildman–Crippen MR) is 76.0 cm³/mol. The molecule has 8 heteroatoms. The van der Waals surface area contributed by atoms with Crippen molar-refractivity contribution >= 4 is 22.4 Å². The van der Waals surface area contributed by atoms with E-state index in [1.165, 1.54) is 12.1 Å². The Labute approximate surface area is 124 Å². The highest BCUT2D eigenvalue weighted by Crippen LogP contribution is 2.33. The molecule has 1 aromatic carbocycles. The molecule has 0 spiro atoms. The number of benzene rings is 1. The van der Waals surface area contributed by atoms with Crippen LogP contribution in [0.2, 0.25) is 0 Å². The fourth-order valence-electron chi connectivity index (χ4n) is 2.27. The molecule has 0 aromatic heterocycles. The van der Waals surface area contributed by atoms with Gasteiger partial charge in [-0.25, -0.2) is 13.1 Å². The number of ether oxygens (including phenoxy) is 2. The summed E-state index contributed by atoms with van der Waals surface area (Å²) in [4.78, 5) is 0.218. The lowest BCUT2D eigenvalue weighted by Crippen LogP contribution is -2.42. The van der Waals surface area contributed by atoms with Gasteiger partial charge in [0.2, 0.25) is 16.8 Å². The summed E-state index contributed by atoms with van der Waals surface area (Å²) in [6.45, 7) is 1.82. The summed E-state index contributed by atoms with van der Waals surface area (Å²) in [7, 11) is -3.49. The highest BCUT2D eigenvalue weighted by Gasteiger charge is 2.24. The Kier molecular flexibility index (Phi) is 4.74. The molecule has 1 aromatic rings. The summed E-state index contributed by atoms with van der Waals surface area (Å²) in [6.07, 6.45) is 1.62. The number of sulfonamides is 1. The fourth-order valence-corrected chi connectivity index (χ4v) is 3.59. The lowest BCUT2D eigenvalue weighted by molar-refractivity contribution is 0.174. The van der Waals surface area contributed by atoms with Crippen LogP contribution in [0, 0.1) is 0 Å². The highest BCUT2D eigenvalue weighted by atomic mass is 35.5. The van der Waals surface area contributed by atoms with E-state index in [1.807, 2.05) is 0 Å². The Bertz CT molecular complexity index is 573. The molecule has 0 unspecified atom stereocenters. The van der Waals surface area contributed by atoms with Crippen molar-refractivity contribution in [2.24, 2.45) is 0 Å². The summed E-state index contributed by atoms with van der Waals surface area (Å²) in [6, 6.07) is 4.67. The van der Waals surface area contributed by atoms with Crippen LogP contribution in [0.5, 0.6) is 11.5 Å². The standard InChI is InChI=1S/C12H16N2O4S.ClH/c15-19(16,14-9-3-5-13-6-4-9)10-1-2-11-12(7-10)18-8-17-11;/h1-2,7,9,13-14H,3-6,8H2;1H. The number of hydrogen-bond donors (Lipinski definition) is 2. The van der Waals surface area contributed by atoms with Gasteiger partial charge in [0.15, 0.2) is 11.5 Å². The van der Waals surface area contributed by atoms with Crippen LogP contribution in [0.1, 0.15) is 12.8 Å². The molecule has 0 aliphatic carbocycles. The Morgan fingerprint density at radius 1 is 1.15 bits per heavy atom. The van der Waals surface area contributed by atoms with Crippen molar-refractivity contribution in [2.75, 3.05) is 19.9 Å². The molecule has 112 valence electrons. The fraction of sp³-hybridized carbons (Fsp3) is 0.500. The highest BCUT2D eigenvalue weighted by molar-refractivity contribution is 7.89. The van der Waals surface area contributed by atoms with E-state index in [0.29, 0.717) is 11.5 Å². The minimum Gasteiger partial charge on any atom is -0.454 e. The van der Waals surface area contributed by atoms with Crippen molar-refractivity contribution in [1.82, 2.24) is 10.0 Å². The van der Waals surface area contributed by atoms with E-state index in [4.69, 9.17) is 9.47 Å². The maximum Gasteiger partial charge on any atom is 0.240 e. The van der Waals surface area contributed by atoms with E-state index in [0.717, 1.165) is 25.9 Å². The van der Waals surface area contributed by atoms with Crippen molar-refractivity contribution in [1.29, 1.82) is 0 Å². The molecular formula is C12H17ClN2O4S. The minimum atomic E-state index is -3.49. The van der Waals surface area contributed by atoms with Crippen LogP contribution >= 0.6 is 12.4 Å². The van der Waals surface area contributed by atoms with Crippen LogP contribution in [0.4, 0.5) is 0 Å². The molecule has 0 radical (unpaired) electrons. The molecule has 0 saturated carbocycles. The topological polar surface area (TPSA) is 76.7 Å². The summed E-state index contributed by atoms with van der Waals surface area (Å²) in [5, 5.41) is 3.20. The number of hydrogen-bond acceptors (Lipinski definition) is 5. The largest absolute Gasteiger partial charge is 0.454 e. The van der Waals surface area contributed by atoms with Crippen molar-refractivity contribution < 1.29 is 17.9 Å². The third kappa shape index (κ3) is 3.17. The molecule has 2 heterocycles. The van der Waals surface area contributed by atoms with Crippen LogP contribution in [-0.2, 0) is 10.0 Å². The van der Waals surface area contributed by atoms with E-state index in [1.54, 1.807) is 6.07 Å². The second-order valence-electron chi connectivity index (χ2n) is 4.66. The molecule has 0 bridgehead atoms. The average molecular weight is 321 g/mol. The van der Waals surface area contributed by atoms with Crippen molar-refractivity contribution in [2.45, 2.75) is 23.8 Å². The number of halogens is 1. The first kappa shape index (κ1) is 15.4. The van der Waals surface area contributed by atoms with Gasteiger partial charge in [0.25, 0.3) is 0 Å². The Balaban J connectivity index is 0.00000147. The molecular weight excluding hydrogens is 304 g/mol. The second-order valence-corrected chi connectivity index (χ2v) is 6.37. The third-order valence-electron chi connectivity index (χ3n) is 3.32. The quantitative estimate of drug-likeness (QED) is 0.864. The van der Waals surface area contributed by atoms with Crippen LogP contribution in [-0.4, -0.2) is 34.3 Å². The van der Waals surface area contributed by atoms with Gasteiger partial charge < -0.3 is 14.8 Å². The lowest BCUT2D eigenvalue weighted by atomic mass is 10.1. The Hall–Kier alpha value is -1.02. The molecule has 6 nitrogen and oxygen atoms in total. The number of piperidine rings is 1. The SMILES string of the molecule is Cl.O=S(=O)(NC1CCNCC1)c1ccc2c(c1)OCO2. The third-order valence-corrected chi connectivity index (χ3v) is 4.83. The van der Waals surface area contributed by atoms with Crippen molar-refractivity contribution in [3.63, 3.8) is 0 Å². The van der Waals surface area contributed by atoms with Crippen LogP contribution in [0.15, 0.2) is 23.1 Å². The molecule has 3 rings (SSSR count). The van der Waals surface area contributed by atoms with Gasteiger partial charge in [0.05, 0.1) is 4.90 Å². The molecule has 2 aliphatic rings. The zero-order valence-corrected chi connectivity index (χ0v) is 12.4. The summed E-state index contributed by atoms with van der Waals surface area (Å²) < 4.78 is 37.7. The number of fused-ring (bicyclic) bond motifs is 1. The zero-order chi connectivity index (χ0) is 13.3. The molecule has 2 aliphatic heterocycles. The van der Waals surface area contributed by atoms with Gasteiger partial charge >= 0.3 is 0 Å². The molecule has 1 fully saturated rings. The van der Waals surface area contributed by atoms with Crippen LogP contribution in [0.25, 0.3) is 0 Å². The number of rotatable bonds is 3. The van der Waals surface area contributed by atoms with Gasteiger partial charge in [-0.2, -0.15) is 0 Å². The first-order valence-electron chi connectivity index (χ1n) is 6.28. The van der Waals surface area contributed by atoms with Gasteiger partial charge in [0.1, 0.15) is 0 Å². The molecule has 1 saturated heterocycles. The maximum atomic E-state index is 12.3. The summed E-state index contributed by atoms with van der Waals surface area (Å²) in [5.74, 6) is 1.06. The van der Waals surface area contributed by atoms with Gasteiger partial charge in [0, 0.05) is 12.1 Å². The van der Waals surface area contributed by atoms with E-state index < -0.39 is 10.0 Å². The Morgan fingerprint density at radius 3 is 2.60 bits per heavy atom. The number of nitrogens with one attached hydrogen (secondary N) is 2. The lowest BCUT2D eigenvalue weighted by Gasteiger charge is -2.23. The first-order chi connectivity index (χ1) is 9.15. The normalized spacial score (nSPS) is 18.6. The predicted octanol–water partition coefficient (Wildman–Crippen LogP) is 0.867. The van der Waals surface area contributed by atoms with E-state index in [-0.39, 0.29) is 30.1 Å². The zero-order valence-electron chi connectivity index (χ0n) is 10.8. The Morgan fingerprint density at radius 2 is 1.85 bits per heavy atom. The van der Waals surface area contributed by atoms with Gasteiger partial charge in [-0.15, -0.1) is 12.4 Å². The molecule has 20 heavy (non-hydrogen) atoms. The van der Waals surface area contributed by atoms with Crippen LogP contribution < -0.4 is 19.5 Å². The first-order valence-corrected chi connectivity index (χ1v) is 7.76. The van der Waals surface area contributed by atoms with E-state index in [9.17, 15) is 8.42 Å². The van der Waals surface area contributed by atoms with Crippen LogP contribution in [0.3, 0.4) is 0 Å². The summed E-state index contributed by atoms with van der Waals surface area (Å²) >= 11 is 0. The monoisotopic (exact) mass is 320 g/mol. The van der Waals surface area contributed by atoms with Gasteiger partial charge in [-0.3, -0.25) is 0 Å². The van der Waals surface area contributed by atoms with E-state index in [2.05, 4.69) is 10.0 Å². The smallest absolute Gasteiger partial charge is 0.240 e. The molecule has 0 atom stereocenters. The second kappa shape index (κ2) is 6.17. The van der Waals surface area contributed by atoms with Gasteiger partial charge in [-0.1, -0.05) is 0 Å². The van der Waals surface area contributed by atoms with Crippen molar-refractivity contribution in [3.8, 4) is 11.5 Å². The molecule has 2 N–H and O–H groups in total.